The van der Waals surface area contributed by atoms with Crippen LogP contribution in [-0.2, 0) is 11.3 Å². The molecule has 1 amide bonds. The van der Waals surface area contributed by atoms with Crippen molar-refractivity contribution in [1.29, 1.82) is 0 Å². The molecule has 0 unspecified atom stereocenters. The zero-order chi connectivity index (χ0) is 18.0. The molecule has 0 aliphatic heterocycles. The topological polar surface area (TPSA) is 75.4 Å². The summed E-state index contributed by atoms with van der Waals surface area (Å²) < 4.78 is 2.02. The van der Waals surface area contributed by atoms with Gasteiger partial charge in [0.2, 0.25) is 11.7 Å². The number of anilines is 1. The maximum Gasteiger partial charge on any atom is 0.239 e. The molecule has 130 valence electrons. The number of nitrogens with one attached hydrogen (secondary N) is 1. The molecular formula is C18H22N6O. The number of aromatic nitrogens is 4. The highest BCUT2D eigenvalue weighted by Gasteiger charge is 2.12. The molecule has 0 fully saturated rings. The highest BCUT2D eigenvalue weighted by molar-refractivity contribution is 5.91. The van der Waals surface area contributed by atoms with Crippen LogP contribution < -0.4 is 5.32 Å². The molecule has 0 aromatic carbocycles. The van der Waals surface area contributed by atoms with Crippen molar-refractivity contribution in [2.75, 3.05) is 18.9 Å². The van der Waals surface area contributed by atoms with Gasteiger partial charge in [0.1, 0.15) is 5.82 Å². The van der Waals surface area contributed by atoms with Gasteiger partial charge in [-0.1, -0.05) is 6.07 Å². The quantitative estimate of drug-likeness (QED) is 0.771. The van der Waals surface area contributed by atoms with Crippen LogP contribution in [0.25, 0.3) is 5.78 Å². The molecule has 0 spiro atoms. The molecular weight excluding hydrogens is 316 g/mol. The molecule has 7 nitrogen and oxygen atoms in total. The van der Waals surface area contributed by atoms with Crippen LogP contribution in [0.1, 0.15) is 22.8 Å². The summed E-state index contributed by atoms with van der Waals surface area (Å²) in [7, 11) is 1.90. The molecule has 0 saturated carbocycles. The summed E-state index contributed by atoms with van der Waals surface area (Å²) in [6.07, 6.45) is 1.81. The van der Waals surface area contributed by atoms with Crippen molar-refractivity contribution in [1.82, 2.24) is 24.3 Å². The molecule has 0 radical (unpaired) electrons. The third-order valence-corrected chi connectivity index (χ3v) is 3.86. The number of pyridine rings is 1. The Hall–Kier alpha value is -2.80. The van der Waals surface area contributed by atoms with Gasteiger partial charge in [-0.15, -0.1) is 0 Å². The van der Waals surface area contributed by atoms with Crippen LogP contribution in [-0.4, -0.2) is 43.8 Å². The van der Waals surface area contributed by atoms with Crippen molar-refractivity contribution in [2.45, 2.75) is 27.3 Å². The summed E-state index contributed by atoms with van der Waals surface area (Å²) in [6.45, 7) is 6.74. The molecule has 1 N–H and O–H groups in total. The number of aryl methyl sites for hydroxylation is 3. The maximum absolute atomic E-state index is 12.2. The van der Waals surface area contributed by atoms with E-state index in [1.807, 2.05) is 61.5 Å². The summed E-state index contributed by atoms with van der Waals surface area (Å²) in [5.74, 6) is 1.16. The van der Waals surface area contributed by atoms with Crippen LogP contribution in [0, 0.1) is 20.8 Å². The van der Waals surface area contributed by atoms with Crippen molar-refractivity contribution in [3.8, 4) is 0 Å². The van der Waals surface area contributed by atoms with Gasteiger partial charge in [0.25, 0.3) is 0 Å². The molecule has 7 heteroatoms. The number of rotatable bonds is 5. The Bertz CT molecular complexity index is 917. The zero-order valence-electron chi connectivity index (χ0n) is 14.9. The number of amides is 1. The Balaban J connectivity index is 1.66. The van der Waals surface area contributed by atoms with E-state index in [0.29, 0.717) is 18.1 Å². The average Bonchev–Trinajstić information content (AvgIpc) is 2.89. The van der Waals surface area contributed by atoms with Crippen molar-refractivity contribution in [3.63, 3.8) is 0 Å². The van der Waals surface area contributed by atoms with Crippen LogP contribution in [0.2, 0.25) is 0 Å². The molecule has 3 aromatic rings. The van der Waals surface area contributed by atoms with E-state index >= 15 is 0 Å². The summed E-state index contributed by atoms with van der Waals surface area (Å²) in [4.78, 5) is 27.2. The molecule has 3 heterocycles. The van der Waals surface area contributed by atoms with Crippen LogP contribution in [0.5, 0.6) is 0 Å². The first kappa shape index (κ1) is 17.0. The minimum atomic E-state index is -0.0971. The number of hydrogen-bond donors (Lipinski definition) is 1. The normalized spacial score (nSPS) is 11.2. The van der Waals surface area contributed by atoms with Crippen LogP contribution in [0.4, 0.5) is 5.82 Å². The first-order chi connectivity index (χ1) is 11.9. The lowest BCUT2D eigenvalue weighted by Crippen LogP contribution is -2.30. The number of fused-ring (bicyclic) bond motifs is 1. The van der Waals surface area contributed by atoms with Gasteiger partial charge in [0, 0.05) is 23.6 Å². The summed E-state index contributed by atoms with van der Waals surface area (Å²) >= 11 is 0. The third kappa shape index (κ3) is 4.00. The van der Waals surface area contributed by atoms with Gasteiger partial charge in [-0.2, -0.15) is 0 Å². The fraction of sp³-hybridized carbons (Fsp3) is 0.333. The van der Waals surface area contributed by atoms with Gasteiger partial charge < -0.3 is 5.32 Å². The van der Waals surface area contributed by atoms with E-state index in [2.05, 4.69) is 20.3 Å². The number of hydrogen-bond acceptors (Lipinski definition) is 5. The van der Waals surface area contributed by atoms with E-state index in [0.717, 1.165) is 22.8 Å². The first-order valence-corrected chi connectivity index (χ1v) is 8.15. The standard InChI is InChI=1S/C18H22N6O/c1-12-6-5-7-16(20-12)22-17(25)11-23(4)10-15-9-19-18-21-13(2)8-14(3)24(15)18/h5-9H,10-11H2,1-4H3,(H,20,22,25). The minimum Gasteiger partial charge on any atom is -0.310 e. The number of carbonyl (C=O) groups is 1. The van der Waals surface area contributed by atoms with Crippen molar-refractivity contribution >= 4 is 17.5 Å². The largest absolute Gasteiger partial charge is 0.310 e. The fourth-order valence-corrected chi connectivity index (χ4v) is 2.88. The monoisotopic (exact) mass is 338 g/mol. The average molecular weight is 338 g/mol. The smallest absolute Gasteiger partial charge is 0.239 e. The first-order valence-electron chi connectivity index (χ1n) is 8.15. The molecule has 0 aliphatic rings. The molecule has 0 aliphatic carbocycles. The Morgan fingerprint density at radius 1 is 1.20 bits per heavy atom. The highest BCUT2D eigenvalue weighted by Crippen LogP contribution is 2.12. The fourth-order valence-electron chi connectivity index (χ4n) is 2.88. The molecule has 0 atom stereocenters. The predicted octanol–water partition coefficient (Wildman–Crippen LogP) is 2.12. The second-order valence-electron chi connectivity index (χ2n) is 6.31. The third-order valence-electron chi connectivity index (χ3n) is 3.86. The summed E-state index contributed by atoms with van der Waals surface area (Å²) in [6, 6.07) is 7.57. The Kier molecular flexibility index (Phi) is 4.76. The SMILES string of the molecule is Cc1cccc(NC(=O)CN(C)Cc2cnc3nc(C)cc(C)n23)n1. The van der Waals surface area contributed by atoms with Crippen molar-refractivity contribution in [2.24, 2.45) is 0 Å². The van der Waals surface area contributed by atoms with Crippen LogP contribution in [0.3, 0.4) is 0 Å². The Morgan fingerprint density at radius 3 is 2.76 bits per heavy atom. The summed E-state index contributed by atoms with van der Waals surface area (Å²) in [5, 5.41) is 2.82. The van der Waals surface area contributed by atoms with Gasteiger partial charge in [0.15, 0.2) is 0 Å². The van der Waals surface area contributed by atoms with Gasteiger partial charge >= 0.3 is 0 Å². The lowest BCUT2D eigenvalue weighted by Gasteiger charge is -2.16. The van der Waals surface area contributed by atoms with Crippen molar-refractivity contribution < 1.29 is 4.79 Å². The van der Waals surface area contributed by atoms with E-state index in [1.165, 1.54) is 0 Å². The summed E-state index contributed by atoms with van der Waals surface area (Å²) in [5.41, 5.74) is 3.90. The number of carbonyl (C=O) groups excluding carboxylic acids is 1. The minimum absolute atomic E-state index is 0.0971. The van der Waals surface area contributed by atoms with E-state index < -0.39 is 0 Å². The van der Waals surface area contributed by atoms with Crippen LogP contribution in [0.15, 0.2) is 30.5 Å². The number of likely N-dealkylation sites (N-methyl/N-ethyl adjacent to an activating group) is 1. The van der Waals surface area contributed by atoms with Crippen LogP contribution >= 0.6 is 0 Å². The van der Waals surface area contributed by atoms with Crippen molar-refractivity contribution in [3.05, 3.63) is 53.2 Å². The molecule has 25 heavy (non-hydrogen) atoms. The second-order valence-corrected chi connectivity index (χ2v) is 6.31. The molecule has 0 saturated heterocycles. The number of nitrogens with zero attached hydrogens (tertiary/aromatic N) is 5. The predicted molar refractivity (Wildman–Crippen MR) is 96.4 cm³/mol. The highest BCUT2D eigenvalue weighted by atomic mass is 16.2. The Morgan fingerprint density at radius 2 is 2.00 bits per heavy atom. The molecule has 0 bridgehead atoms. The van der Waals surface area contributed by atoms with E-state index in [4.69, 9.17) is 0 Å². The second kappa shape index (κ2) is 6.98. The molecule has 3 rings (SSSR count). The number of imidazole rings is 1. The zero-order valence-corrected chi connectivity index (χ0v) is 14.9. The van der Waals surface area contributed by atoms with Gasteiger partial charge in [-0.25, -0.2) is 15.0 Å². The van der Waals surface area contributed by atoms with Gasteiger partial charge in [0.05, 0.1) is 18.4 Å². The van der Waals surface area contributed by atoms with Gasteiger partial charge in [-0.3, -0.25) is 14.1 Å². The lowest BCUT2D eigenvalue weighted by atomic mass is 10.3. The molecule has 3 aromatic heterocycles. The van der Waals surface area contributed by atoms with E-state index in [-0.39, 0.29) is 12.5 Å². The van der Waals surface area contributed by atoms with E-state index in [9.17, 15) is 4.79 Å². The maximum atomic E-state index is 12.2. The van der Waals surface area contributed by atoms with E-state index in [1.54, 1.807) is 6.07 Å². The lowest BCUT2D eigenvalue weighted by molar-refractivity contribution is -0.117. The Labute approximate surface area is 146 Å². The van der Waals surface area contributed by atoms with Gasteiger partial charge in [-0.05, 0) is 46.0 Å².